The SMILES string of the molecule is C=CCCN(C)CN/N=C/c1ccc(Nc2cc(O)cc(C(=O)NCC)c2)cn1. The Morgan fingerprint density at radius 2 is 2.14 bits per heavy atom. The van der Waals surface area contributed by atoms with Gasteiger partial charge in [-0.1, -0.05) is 6.08 Å². The molecule has 0 aliphatic rings. The predicted molar refractivity (Wildman–Crippen MR) is 117 cm³/mol. The van der Waals surface area contributed by atoms with E-state index in [1.54, 1.807) is 24.5 Å². The molecular formula is C21H28N6O2. The largest absolute Gasteiger partial charge is 0.508 e. The van der Waals surface area contributed by atoms with Crippen molar-refractivity contribution in [3.05, 3.63) is 60.4 Å². The summed E-state index contributed by atoms with van der Waals surface area (Å²) in [5, 5.41) is 19.9. The van der Waals surface area contributed by atoms with Crippen LogP contribution in [-0.4, -0.2) is 53.9 Å². The fourth-order valence-electron chi connectivity index (χ4n) is 2.46. The molecule has 0 unspecified atom stereocenters. The van der Waals surface area contributed by atoms with Crippen molar-refractivity contribution < 1.29 is 9.90 Å². The third kappa shape index (κ3) is 7.63. The first-order chi connectivity index (χ1) is 14.0. The van der Waals surface area contributed by atoms with Gasteiger partial charge in [0.05, 0.1) is 30.5 Å². The first-order valence-electron chi connectivity index (χ1n) is 9.42. The molecule has 0 aliphatic carbocycles. The summed E-state index contributed by atoms with van der Waals surface area (Å²) in [7, 11) is 2.00. The number of pyridine rings is 1. The van der Waals surface area contributed by atoms with E-state index in [-0.39, 0.29) is 11.7 Å². The Labute approximate surface area is 171 Å². The minimum Gasteiger partial charge on any atom is -0.508 e. The summed E-state index contributed by atoms with van der Waals surface area (Å²) in [6, 6.07) is 8.32. The molecule has 1 aromatic heterocycles. The van der Waals surface area contributed by atoms with E-state index in [0.29, 0.717) is 30.2 Å². The van der Waals surface area contributed by atoms with Crippen LogP contribution in [0, 0.1) is 0 Å². The van der Waals surface area contributed by atoms with E-state index < -0.39 is 0 Å². The van der Waals surface area contributed by atoms with Crippen LogP contribution in [0.3, 0.4) is 0 Å². The van der Waals surface area contributed by atoms with Crippen LogP contribution >= 0.6 is 0 Å². The number of carbonyl (C=O) groups is 1. The van der Waals surface area contributed by atoms with Gasteiger partial charge in [0.25, 0.3) is 5.91 Å². The lowest BCUT2D eigenvalue weighted by molar-refractivity contribution is 0.0955. The zero-order chi connectivity index (χ0) is 21.1. The van der Waals surface area contributed by atoms with Crippen LogP contribution in [0.1, 0.15) is 29.4 Å². The van der Waals surface area contributed by atoms with Gasteiger partial charge in [-0.25, -0.2) is 0 Å². The highest BCUT2D eigenvalue weighted by atomic mass is 16.3. The highest BCUT2D eigenvalue weighted by Crippen LogP contribution is 2.23. The van der Waals surface area contributed by atoms with Gasteiger partial charge in [-0.05, 0) is 44.7 Å². The van der Waals surface area contributed by atoms with E-state index in [1.165, 1.54) is 6.07 Å². The molecule has 0 saturated carbocycles. The van der Waals surface area contributed by atoms with Crippen LogP contribution in [0.5, 0.6) is 5.75 Å². The molecule has 0 spiro atoms. The highest BCUT2D eigenvalue weighted by Gasteiger charge is 2.08. The minimum absolute atomic E-state index is 0.0112. The molecule has 1 amide bonds. The first-order valence-corrected chi connectivity index (χ1v) is 9.42. The third-order valence-electron chi connectivity index (χ3n) is 3.94. The molecule has 0 atom stereocenters. The van der Waals surface area contributed by atoms with Gasteiger partial charge >= 0.3 is 0 Å². The van der Waals surface area contributed by atoms with Crippen molar-refractivity contribution in [2.45, 2.75) is 13.3 Å². The lowest BCUT2D eigenvalue weighted by Gasteiger charge is -2.14. The monoisotopic (exact) mass is 396 g/mol. The van der Waals surface area contributed by atoms with Crippen LogP contribution in [0.25, 0.3) is 0 Å². The van der Waals surface area contributed by atoms with Crippen molar-refractivity contribution in [2.75, 3.05) is 32.1 Å². The molecule has 29 heavy (non-hydrogen) atoms. The van der Waals surface area contributed by atoms with Crippen molar-refractivity contribution in [1.29, 1.82) is 0 Å². The van der Waals surface area contributed by atoms with E-state index in [9.17, 15) is 9.90 Å². The molecule has 1 aromatic carbocycles. The third-order valence-corrected chi connectivity index (χ3v) is 3.94. The molecule has 0 saturated heterocycles. The van der Waals surface area contributed by atoms with Gasteiger partial charge in [0, 0.05) is 30.4 Å². The van der Waals surface area contributed by atoms with Crippen LogP contribution in [0.4, 0.5) is 11.4 Å². The molecule has 0 radical (unpaired) electrons. The van der Waals surface area contributed by atoms with Gasteiger partial charge < -0.3 is 15.7 Å². The Balaban J connectivity index is 1.93. The number of phenols is 1. The van der Waals surface area contributed by atoms with Crippen molar-refractivity contribution in [2.24, 2.45) is 5.10 Å². The number of hydrazone groups is 1. The normalized spacial score (nSPS) is 10.9. The van der Waals surface area contributed by atoms with Crippen LogP contribution in [0.2, 0.25) is 0 Å². The van der Waals surface area contributed by atoms with E-state index in [4.69, 9.17) is 0 Å². The number of rotatable bonds is 11. The summed E-state index contributed by atoms with van der Waals surface area (Å²) >= 11 is 0. The molecular weight excluding hydrogens is 368 g/mol. The van der Waals surface area contributed by atoms with E-state index >= 15 is 0 Å². The molecule has 0 aliphatic heterocycles. The standard InChI is InChI=1S/C21H28N6O2/c1-4-6-9-27(3)15-25-24-14-17-7-8-18(13-23-17)26-19-10-16(11-20(28)12-19)21(29)22-5-2/h4,7-8,10-14,25-26,28H,1,5-6,9,15H2,2-3H3,(H,22,29)/b24-14+. The summed E-state index contributed by atoms with van der Waals surface area (Å²) in [4.78, 5) is 18.4. The number of aromatic nitrogens is 1. The van der Waals surface area contributed by atoms with Gasteiger partial charge in [-0.2, -0.15) is 5.10 Å². The Kier molecular flexibility index (Phi) is 8.65. The smallest absolute Gasteiger partial charge is 0.251 e. The molecule has 1 heterocycles. The van der Waals surface area contributed by atoms with Gasteiger partial charge in [-0.3, -0.25) is 20.1 Å². The molecule has 154 valence electrons. The van der Waals surface area contributed by atoms with Crippen molar-refractivity contribution in [3.63, 3.8) is 0 Å². The molecule has 2 rings (SSSR count). The maximum atomic E-state index is 12.0. The minimum atomic E-state index is -0.237. The van der Waals surface area contributed by atoms with Gasteiger partial charge in [0.2, 0.25) is 0 Å². The van der Waals surface area contributed by atoms with Gasteiger partial charge in [0.15, 0.2) is 0 Å². The second-order valence-electron chi connectivity index (χ2n) is 6.46. The number of nitrogens with zero attached hydrogens (tertiary/aromatic N) is 3. The van der Waals surface area contributed by atoms with Crippen molar-refractivity contribution in [1.82, 2.24) is 20.6 Å². The highest BCUT2D eigenvalue weighted by molar-refractivity contribution is 5.95. The second-order valence-corrected chi connectivity index (χ2v) is 6.46. The Morgan fingerprint density at radius 1 is 1.31 bits per heavy atom. The number of hydrogen-bond acceptors (Lipinski definition) is 7. The van der Waals surface area contributed by atoms with Crippen LogP contribution in [-0.2, 0) is 0 Å². The topological polar surface area (TPSA) is 102 Å². The molecule has 8 heteroatoms. The maximum absolute atomic E-state index is 12.0. The molecule has 0 bridgehead atoms. The van der Waals surface area contributed by atoms with Crippen LogP contribution in [0.15, 0.2) is 54.3 Å². The average Bonchev–Trinajstić information content (AvgIpc) is 2.70. The van der Waals surface area contributed by atoms with E-state index in [1.807, 2.05) is 32.2 Å². The number of carbonyl (C=O) groups excluding carboxylic acids is 1. The number of nitrogens with one attached hydrogen (secondary N) is 3. The summed E-state index contributed by atoms with van der Waals surface area (Å²) in [6.07, 6.45) is 6.12. The lowest BCUT2D eigenvalue weighted by atomic mass is 10.1. The lowest BCUT2D eigenvalue weighted by Crippen LogP contribution is -2.28. The summed E-state index contributed by atoms with van der Waals surface area (Å²) < 4.78 is 0. The van der Waals surface area contributed by atoms with Gasteiger partial charge in [0.1, 0.15) is 5.75 Å². The zero-order valence-electron chi connectivity index (χ0n) is 16.9. The van der Waals surface area contributed by atoms with Gasteiger partial charge in [-0.15, -0.1) is 6.58 Å². The Morgan fingerprint density at radius 3 is 2.83 bits per heavy atom. The number of aromatic hydroxyl groups is 1. The molecule has 0 fully saturated rings. The number of anilines is 2. The number of amides is 1. The quantitative estimate of drug-likeness (QED) is 0.202. The summed E-state index contributed by atoms with van der Waals surface area (Å²) in [6.45, 7) is 7.62. The maximum Gasteiger partial charge on any atom is 0.251 e. The molecule has 4 N–H and O–H groups in total. The first kappa shape index (κ1) is 21.9. The van der Waals surface area contributed by atoms with Crippen molar-refractivity contribution >= 4 is 23.5 Å². The Hall–Kier alpha value is -3.39. The fraction of sp³-hybridized carbons (Fsp3) is 0.286. The van der Waals surface area contributed by atoms with E-state index in [2.05, 4.69) is 37.6 Å². The fourth-order valence-corrected chi connectivity index (χ4v) is 2.46. The molecule has 2 aromatic rings. The summed E-state index contributed by atoms with van der Waals surface area (Å²) in [5.41, 5.74) is 5.38. The van der Waals surface area contributed by atoms with Crippen molar-refractivity contribution in [3.8, 4) is 5.75 Å². The van der Waals surface area contributed by atoms with E-state index in [0.717, 1.165) is 18.7 Å². The summed E-state index contributed by atoms with van der Waals surface area (Å²) in [5.74, 6) is -0.226. The predicted octanol–water partition coefficient (Wildman–Crippen LogP) is 2.67. The Bertz CT molecular complexity index is 836. The zero-order valence-corrected chi connectivity index (χ0v) is 16.9. The van der Waals surface area contributed by atoms with Crippen LogP contribution < -0.4 is 16.1 Å². The number of phenolic OH excluding ortho intramolecular Hbond substituents is 1. The molecule has 8 nitrogen and oxygen atoms in total. The second kappa shape index (κ2) is 11.5. The number of hydrogen-bond donors (Lipinski definition) is 4. The number of benzene rings is 1. The average molecular weight is 396 g/mol.